The summed E-state index contributed by atoms with van der Waals surface area (Å²) >= 11 is 0. The second kappa shape index (κ2) is 27.7. The van der Waals surface area contributed by atoms with Crippen molar-refractivity contribution >= 4 is 46.0 Å². The van der Waals surface area contributed by atoms with E-state index >= 15 is 0 Å². The zero-order valence-corrected chi connectivity index (χ0v) is 46.3. The Balaban J connectivity index is 0.000000184. The Bertz CT molecular complexity index is 3290. The maximum absolute atomic E-state index is 13.2. The van der Waals surface area contributed by atoms with Crippen LogP contribution in [0.25, 0.3) is 22.3 Å². The zero-order chi connectivity index (χ0) is 56.6. The van der Waals surface area contributed by atoms with Crippen LogP contribution in [-0.2, 0) is 19.1 Å². The molecule has 20 heteroatoms. The van der Waals surface area contributed by atoms with Crippen LogP contribution >= 0.6 is 0 Å². The van der Waals surface area contributed by atoms with Crippen LogP contribution in [0, 0.1) is 5.41 Å². The number of piperidine rings is 1. The van der Waals surface area contributed by atoms with Crippen molar-refractivity contribution in [3.63, 3.8) is 0 Å². The SMILES string of the molecule is CN(C/C=C/C(=O)N1CCCC(n2nc(-c3ccc(Oc4ccccc4)cc3)c3c(N)ncnc32)C1)C1CCOCC1.N=C(c1ccc(Oc2ccccc2)cc1)c1c(N)ncnc1NC1CCN(C(=O)/C=C/CNC2CCOCC2)C1. The lowest BCUT2D eigenvalue weighted by molar-refractivity contribution is -0.127. The molecule has 11 rings (SSSR count). The van der Waals surface area contributed by atoms with Crippen LogP contribution < -0.4 is 31.6 Å². The summed E-state index contributed by atoms with van der Waals surface area (Å²) in [6.07, 6.45) is 16.7. The highest BCUT2D eigenvalue weighted by Crippen LogP contribution is 2.35. The number of carbonyl (C=O) groups excluding carboxylic acids is 2. The van der Waals surface area contributed by atoms with Crippen molar-refractivity contribution in [3.05, 3.63) is 157 Å². The van der Waals surface area contributed by atoms with Gasteiger partial charge in [0.1, 0.15) is 58.8 Å². The second-order valence-electron chi connectivity index (χ2n) is 20.9. The van der Waals surface area contributed by atoms with Crippen molar-refractivity contribution in [1.82, 2.24) is 49.7 Å². The third-order valence-electron chi connectivity index (χ3n) is 15.2. The monoisotopic (exact) mass is 1110 g/mol. The van der Waals surface area contributed by atoms with Gasteiger partial charge < -0.3 is 50.8 Å². The fraction of sp³-hybridized carbons (Fsp3) is 0.355. The van der Waals surface area contributed by atoms with E-state index in [0.29, 0.717) is 83.5 Å². The van der Waals surface area contributed by atoms with E-state index < -0.39 is 0 Å². The molecule has 20 nitrogen and oxygen atoms in total. The van der Waals surface area contributed by atoms with Crippen LogP contribution in [0.4, 0.5) is 17.5 Å². The lowest BCUT2D eigenvalue weighted by atomic mass is 10.0. The third-order valence-corrected chi connectivity index (χ3v) is 15.2. The number of rotatable bonds is 18. The van der Waals surface area contributed by atoms with Crippen LogP contribution in [-0.4, -0.2) is 153 Å². The van der Waals surface area contributed by atoms with E-state index in [1.54, 1.807) is 12.2 Å². The predicted molar refractivity (Wildman–Crippen MR) is 317 cm³/mol. The Morgan fingerprint density at radius 3 is 1.96 bits per heavy atom. The highest BCUT2D eigenvalue weighted by molar-refractivity contribution is 6.16. The number of ether oxygens (including phenoxy) is 4. The van der Waals surface area contributed by atoms with Crippen molar-refractivity contribution in [3.8, 4) is 34.3 Å². The number of aromatic nitrogens is 6. The molecule has 2 amide bonds. The lowest BCUT2D eigenvalue weighted by Crippen LogP contribution is -2.40. The first-order chi connectivity index (χ1) is 40.1. The van der Waals surface area contributed by atoms with Gasteiger partial charge in [0.15, 0.2) is 5.65 Å². The van der Waals surface area contributed by atoms with Gasteiger partial charge in [-0.3, -0.25) is 19.9 Å². The number of anilines is 3. The molecule has 0 radical (unpaired) electrons. The van der Waals surface area contributed by atoms with Crippen molar-refractivity contribution in [1.29, 1.82) is 5.41 Å². The summed E-state index contributed by atoms with van der Waals surface area (Å²) in [5.41, 5.74) is 16.2. The minimum absolute atomic E-state index is 0.00828. The van der Waals surface area contributed by atoms with Crippen LogP contribution in [0.3, 0.4) is 0 Å². The van der Waals surface area contributed by atoms with Crippen LogP contribution in [0.15, 0.2) is 146 Å². The maximum atomic E-state index is 13.2. The molecular formula is C62H72N14O6. The number of hydrogen-bond donors (Lipinski definition) is 5. The number of carbonyl (C=O) groups is 2. The number of nitrogens with zero attached hydrogens (tertiary/aromatic N) is 9. The van der Waals surface area contributed by atoms with E-state index in [4.69, 9.17) is 40.9 Å². The molecular weight excluding hydrogens is 1040 g/mol. The molecule has 2 atom stereocenters. The number of fused-ring (bicyclic) bond motifs is 1. The molecule has 0 saturated carbocycles. The number of nitrogens with one attached hydrogen (secondary N) is 3. The average molecular weight is 1110 g/mol. The van der Waals surface area contributed by atoms with Crippen molar-refractivity contribution < 1.29 is 28.5 Å². The second-order valence-corrected chi connectivity index (χ2v) is 20.9. The summed E-state index contributed by atoms with van der Waals surface area (Å²) in [7, 11) is 2.11. The normalized spacial score (nSPS) is 18.0. The molecule has 3 aromatic heterocycles. The van der Waals surface area contributed by atoms with Crippen LogP contribution in [0.1, 0.15) is 62.1 Å². The van der Waals surface area contributed by atoms with Gasteiger partial charge in [0.2, 0.25) is 11.8 Å². The predicted octanol–water partition coefficient (Wildman–Crippen LogP) is 8.30. The Kier molecular flexibility index (Phi) is 19.2. The summed E-state index contributed by atoms with van der Waals surface area (Å²) in [5.74, 6) is 4.01. The molecule has 4 fully saturated rings. The molecule has 0 aliphatic carbocycles. The van der Waals surface area contributed by atoms with E-state index in [9.17, 15) is 9.59 Å². The number of benzene rings is 4. The molecule has 7 heterocycles. The summed E-state index contributed by atoms with van der Waals surface area (Å²) < 4.78 is 24.6. The van der Waals surface area contributed by atoms with Gasteiger partial charge in [-0.2, -0.15) is 5.10 Å². The van der Waals surface area contributed by atoms with Crippen LogP contribution in [0.2, 0.25) is 0 Å². The van der Waals surface area contributed by atoms with Gasteiger partial charge >= 0.3 is 0 Å². The number of nitrogens with two attached hydrogens (primary N) is 2. The number of amides is 2. The summed E-state index contributed by atoms with van der Waals surface area (Å²) in [5, 5.41) is 21.4. The quantitative estimate of drug-likeness (QED) is 0.0400. The Labute approximate surface area is 478 Å². The van der Waals surface area contributed by atoms with Gasteiger partial charge in [0, 0.05) is 107 Å². The van der Waals surface area contributed by atoms with E-state index in [1.165, 1.54) is 12.7 Å². The highest BCUT2D eigenvalue weighted by Gasteiger charge is 2.30. The number of hydrogen-bond acceptors (Lipinski definition) is 17. The minimum atomic E-state index is -0.0211. The van der Waals surface area contributed by atoms with E-state index in [2.05, 4.69) is 42.5 Å². The van der Waals surface area contributed by atoms with E-state index in [0.717, 1.165) is 107 Å². The largest absolute Gasteiger partial charge is 0.457 e. The molecule has 4 aromatic carbocycles. The first-order valence-corrected chi connectivity index (χ1v) is 28.2. The van der Waals surface area contributed by atoms with E-state index in [1.807, 2.05) is 136 Å². The number of likely N-dealkylation sites (tertiary alicyclic amines) is 2. The minimum Gasteiger partial charge on any atom is -0.457 e. The topological polar surface area (TPSA) is 250 Å². The zero-order valence-electron chi connectivity index (χ0n) is 46.3. The van der Waals surface area contributed by atoms with Crippen molar-refractivity contribution in [2.24, 2.45) is 0 Å². The molecule has 4 aliphatic heterocycles. The van der Waals surface area contributed by atoms with Crippen molar-refractivity contribution in [2.45, 2.75) is 69.1 Å². The summed E-state index contributed by atoms with van der Waals surface area (Å²) in [6, 6.07) is 35.1. The van der Waals surface area contributed by atoms with Gasteiger partial charge in [-0.05, 0) is 125 Å². The molecule has 0 bridgehead atoms. The fourth-order valence-electron chi connectivity index (χ4n) is 10.7. The molecule has 0 spiro atoms. The Hall–Kier alpha value is -8.56. The lowest BCUT2D eigenvalue weighted by Gasteiger charge is -2.32. The summed E-state index contributed by atoms with van der Waals surface area (Å²) in [6.45, 7) is 7.06. The van der Waals surface area contributed by atoms with Gasteiger partial charge in [0.25, 0.3) is 0 Å². The molecule has 4 saturated heterocycles. The number of para-hydroxylation sites is 2. The van der Waals surface area contributed by atoms with Gasteiger partial charge in [0.05, 0.1) is 22.7 Å². The molecule has 7 aromatic rings. The molecule has 82 heavy (non-hydrogen) atoms. The fourth-order valence-corrected chi connectivity index (χ4v) is 10.7. The average Bonchev–Trinajstić information content (AvgIpc) is 3.63. The standard InChI is InChI=1S/C32H37N7O3.C30H35N7O3/c1-37(24-15-19-41-20-16-24)17-6-10-28(40)38-18-5-7-25(21-38)39-32-29(31(33)34-22-35-32)30(36-39)23-11-13-27(14-12-23)42-26-8-3-2-4-9-26;31-28(21-8-10-25(11-9-21)40-24-5-2-1-3-6-24)27-29(32)34-20-35-30(27)36-23-12-16-37(19-23)26(38)7-4-15-33-22-13-17-39-18-14-22/h2-4,6,8-14,22,24-25H,5,7,15-21H2,1H3,(H2,33,34,35);1-11,20,22-23,31,33H,12-19H2,(H3,32,34,35,36)/b10-6+;7-4+,31-28?. The first kappa shape index (κ1) is 56.7. The molecule has 7 N–H and O–H groups in total. The van der Waals surface area contributed by atoms with Crippen molar-refractivity contribution in [2.75, 3.05) is 89.5 Å². The smallest absolute Gasteiger partial charge is 0.246 e. The Morgan fingerprint density at radius 1 is 0.683 bits per heavy atom. The third kappa shape index (κ3) is 14.7. The number of likely N-dealkylation sites (N-methyl/N-ethyl adjacent to an activating group) is 1. The first-order valence-electron chi connectivity index (χ1n) is 28.2. The van der Waals surface area contributed by atoms with Gasteiger partial charge in [-0.25, -0.2) is 24.6 Å². The summed E-state index contributed by atoms with van der Waals surface area (Å²) in [4.78, 5) is 49.3. The number of nitrogen functional groups attached to an aromatic ring is 2. The molecule has 2 unspecified atom stereocenters. The van der Waals surface area contributed by atoms with Gasteiger partial charge in [-0.1, -0.05) is 48.6 Å². The van der Waals surface area contributed by atoms with E-state index in [-0.39, 0.29) is 35.4 Å². The maximum Gasteiger partial charge on any atom is 0.246 e. The van der Waals surface area contributed by atoms with Gasteiger partial charge in [-0.15, -0.1) is 0 Å². The van der Waals surface area contributed by atoms with Crippen LogP contribution in [0.5, 0.6) is 23.0 Å². The Morgan fingerprint density at radius 2 is 1.28 bits per heavy atom. The molecule has 4 aliphatic rings. The molecule has 426 valence electrons. The highest BCUT2D eigenvalue weighted by atomic mass is 16.5.